The first-order chi connectivity index (χ1) is 12.5. The van der Waals surface area contributed by atoms with Crippen LogP contribution in [0.2, 0.25) is 0 Å². The molecule has 0 atom stereocenters. The lowest BCUT2D eigenvalue weighted by Gasteiger charge is -2.14. The molecule has 0 aromatic carbocycles. The van der Waals surface area contributed by atoms with Gasteiger partial charge in [0, 0.05) is 11.5 Å². The summed E-state index contributed by atoms with van der Waals surface area (Å²) < 4.78 is 28.4. The largest absolute Gasteiger partial charge is 0.350 e. The number of hydrogen-bond acceptors (Lipinski definition) is 4. The Morgan fingerprint density at radius 1 is 1.50 bits per heavy atom. The second kappa shape index (κ2) is 9.44. The monoisotopic (exact) mass is 429 g/mol. The van der Waals surface area contributed by atoms with Crippen molar-refractivity contribution in [2.24, 2.45) is 5.92 Å². The number of carbonyl (C=O) groups is 1. The number of halogens is 3. The van der Waals surface area contributed by atoms with E-state index in [2.05, 4.69) is 38.3 Å². The molecule has 1 amide bonds. The van der Waals surface area contributed by atoms with Crippen molar-refractivity contribution in [1.82, 2.24) is 10.5 Å². The number of hydroxylamine groups is 1. The molecular weight excluding hydrogens is 412 g/mol. The Bertz CT molecular complexity index is 801. The highest BCUT2D eigenvalue weighted by atomic mass is 79.9. The smallest absolute Gasteiger partial charge is 0.286 e. The van der Waals surface area contributed by atoms with Gasteiger partial charge < -0.3 is 10.3 Å². The number of nitrogens with one attached hydrogen (secondary N) is 3. The molecule has 2 rings (SSSR count). The van der Waals surface area contributed by atoms with Crippen molar-refractivity contribution in [2.45, 2.75) is 12.8 Å². The summed E-state index contributed by atoms with van der Waals surface area (Å²) in [6.07, 6.45) is 6.82. The average molecular weight is 430 g/mol. The van der Waals surface area contributed by atoms with Crippen molar-refractivity contribution in [3.05, 3.63) is 64.3 Å². The molecule has 3 N–H and O–H groups in total. The summed E-state index contributed by atoms with van der Waals surface area (Å²) in [4.78, 5) is 31.0. The number of allylic oxidation sites excluding steroid dienone is 4. The molecule has 0 radical (unpaired) electrons. The minimum absolute atomic E-state index is 0.156. The van der Waals surface area contributed by atoms with E-state index in [1.54, 1.807) is 0 Å². The third-order valence-electron chi connectivity index (χ3n) is 3.52. The van der Waals surface area contributed by atoms with Crippen LogP contribution in [0.3, 0.4) is 0 Å². The number of alkyl halides is 1. The molecule has 1 heterocycles. The number of amides is 1. The lowest BCUT2D eigenvalue weighted by Crippen LogP contribution is -2.28. The van der Waals surface area contributed by atoms with Gasteiger partial charge >= 0.3 is 0 Å². The van der Waals surface area contributed by atoms with Crippen LogP contribution in [-0.2, 0) is 4.84 Å². The second-order valence-corrected chi connectivity index (χ2v) is 6.20. The average Bonchev–Trinajstić information content (AvgIpc) is 3.42. The van der Waals surface area contributed by atoms with E-state index in [9.17, 15) is 18.4 Å². The Morgan fingerprint density at radius 2 is 2.23 bits per heavy atom. The first-order valence-electron chi connectivity index (χ1n) is 7.83. The highest BCUT2D eigenvalue weighted by molar-refractivity contribution is 9.09. The molecule has 0 aliphatic heterocycles. The summed E-state index contributed by atoms with van der Waals surface area (Å²) in [5.41, 5.74) is 0.286. The van der Waals surface area contributed by atoms with E-state index in [4.69, 9.17) is 4.84 Å². The minimum atomic E-state index is -1.25. The Balaban J connectivity index is 2.29. The molecule has 140 valence electrons. The third-order valence-corrected chi connectivity index (χ3v) is 3.84. The van der Waals surface area contributed by atoms with Crippen LogP contribution in [0.1, 0.15) is 23.2 Å². The van der Waals surface area contributed by atoms with Gasteiger partial charge in [-0.1, -0.05) is 28.6 Å². The predicted molar refractivity (Wildman–Crippen MR) is 98.1 cm³/mol. The maximum atomic E-state index is 14.3. The summed E-state index contributed by atoms with van der Waals surface area (Å²) in [6, 6.07) is 0. The molecular formula is C17H18BrF2N3O3. The van der Waals surface area contributed by atoms with Crippen LogP contribution >= 0.6 is 15.9 Å². The molecule has 6 nitrogen and oxygen atoms in total. The molecule has 0 unspecified atom stereocenters. The quantitative estimate of drug-likeness (QED) is 0.319. The van der Waals surface area contributed by atoms with Gasteiger partial charge in [-0.2, -0.15) is 4.39 Å². The van der Waals surface area contributed by atoms with Gasteiger partial charge in [-0.3, -0.25) is 14.4 Å². The zero-order valence-electron chi connectivity index (χ0n) is 13.8. The molecule has 1 saturated carbocycles. The number of anilines is 1. The van der Waals surface area contributed by atoms with Crippen molar-refractivity contribution in [1.29, 1.82) is 0 Å². The number of pyridine rings is 1. The van der Waals surface area contributed by atoms with Gasteiger partial charge in [0.2, 0.25) is 5.82 Å². The topological polar surface area (TPSA) is 83.2 Å². The van der Waals surface area contributed by atoms with Gasteiger partial charge in [0.15, 0.2) is 0 Å². The van der Waals surface area contributed by atoms with Crippen molar-refractivity contribution in [3.8, 4) is 0 Å². The maximum absolute atomic E-state index is 14.3. The van der Waals surface area contributed by atoms with Gasteiger partial charge in [0.05, 0.1) is 23.6 Å². The first-order valence-corrected chi connectivity index (χ1v) is 8.95. The van der Waals surface area contributed by atoms with E-state index in [0.29, 0.717) is 12.5 Å². The van der Waals surface area contributed by atoms with Crippen molar-refractivity contribution >= 4 is 27.5 Å². The van der Waals surface area contributed by atoms with Crippen LogP contribution < -0.4 is 16.4 Å². The minimum Gasteiger partial charge on any atom is -0.350 e. The highest BCUT2D eigenvalue weighted by Gasteiger charge is 2.23. The lowest BCUT2D eigenvalue weighted by molar-refractivity contribution is 0.0270. The van der Waals surface area contributed by atoms with Crippen molar-refractivity contribution in [2.75, 3.05) is 17.3 Å². The van der Waals surface area contributed by atoms with Crippen LogP contribution in [0.4, 0.5) is 14.5 Å². The van der Waals surface area contributed by atoms with E-state index in [1.165, 1.54) is 18.2 Å². The van der Waals surface area contributed by atoms with E-state index in [-0.39, 0.29) is 16.6 Å². The Morgan fingerprint density at radius 3 is 2.85 bits per heavy atom. The van der Waals surface area contributed by atoms with Crippen LogP contribution in [0.5, 0.6) is 0 Å². The molecule has 1 aromatic heterocycles. The molecule has 26 heavy (non-hydrogen) atoms. The van der Waals surface area contributed by atoms with E-state index >= 15 is 0 Å². The van der Waals surface area contributed by atoms with E-state index in [1.807, 2.05) is 0 Å². The SMILES string of the molecule is C=C/C=C(Nc1c(C(=O)NOCC2CC2)c[nH]c(=O)c1F)\C(F)=C/CBr. The number of carbonyl (C=O) groups excluding carboxylic acids is 1. The molecule has 1 aliphatic carbocycles. The van der Waals surface area contributed by atoms with E-state index in [0.717, 1.165) is 19.0 Å². The zero-order chi connectivity index (χ0) is 19.1. The molecule has 1 aromatic rings. The molecule has 1 fully saturated rings. The summed E-state index contributed by atoms with van der Waals surface area (Å²) in [7, 11) is 0. The van der Waals surface area contributed by atoms with E-state index < -0.39 is 28.8 Å². The van der Waals surface area contributed by atoms with Crippen molar-refractivity contribution < 1.29 is 18.4 Å². The lowest BCUT2D eigenvalue weighted by atomic mass is 10.2. The zero-order valence-corrected chi connectivity index (χ0v) is 15.4. The summed E-state index contributed by atoms with van der Waals surface area (Å²) in [5, 5.41) is 2.67. The van der Waals surface area contributed by atoms with Gasteiger partial charge in [0.1, 0.15) is 5.83 Å². The second-order valence-electron chi connectivity index (χ2n) is 5.55. The molecule has 0 saturated heterocycles. The summed E-state index contributed by atoms with van der Waals surface area (Å²) in [5.74, 6) is -2.32. The molecule has 9 heteroatoms. The number of hydrogen-bond donors (Lipinski definition) is 3. The molecule has 0 spiro atoms. The maximum Gasteiger partial charge on any atom is 0.286 e. The summed E-state index contributed by atoms with van der Waals surface area (Å²) >= 11 is 3.06. The fraction of sp³-hybridized carbons (Fsp3) is 0.294. The molecule has 1 aliphatic rings. The predicted octanol–water partition coefficient (Wildman–Crippen LogP) is 3.32. The Labute approximate surface area is 157 Å². The molecule has 0 bridgehead atoms. The van der Waals surface area contributed by atoms with Crippen LogP contribution in [0, 0.1) is 11.7 Å². The van der Waals surface area contributed by atoms with Gasteiger partial charge in [-0.25, -0.2) is 9.87 Å². The normalized spacial score (nSPS) is 14.9. The number of aromatic nitrogens is 1. The highest BCUT2D eigenvalue weighted by Crippen LogP contribution is 2.28. The summed E-state index contributed by atoms with van der Waals surface area (Å²) in [6.45, 7) is 3.81. The Hall–Kier alpha value is -2.26. The number of rotatable bonds is 9. The fourth-order valence-corrected chi connectivity index (χ4v) is 2.27. The van der Waals surface area contributed by atoms with Crippen LogP contribution in [0.15, 0.2) is 47.3 Å². The fourth-order valence-electron chi connectivity index (χ4n) is 1.98. The first kappa shape index (κ1) is 20.1. The van der Waals surface area contributed by atoms with Gasteiger partial charge in [-0.15, -0.1) is 0 Å². The third kappa shape index (κ3) is 5.37. The number of aromatic amines is 1. The van der Waals surface area contributed by atoms with Gasteiger partial charge in [0.25, 0.3) is 11.5 Å². The standard InChI is InChI=1S/C17H18BrF2N3O3/c1-2-3-13(12(19)6-7-18)22-15-11(8-21-17(25)14(15)20)16(24)23-26-9-10-4-5-10/h2-3,6,8,10H,1,4-5,7,9H2,(H,23,24)(H2,21,22,25)/b12-6+,13-3+. The Kier molecular flexibility index (Phi) is 7.28. The van der Waals surface area contributed by atoms with Crippen molar-refractivity contribution in [3.63, 3.8) is 0 Å². The van der Waals surface area contributed by atoms with Crippen LogP contribution in [-0.4, -0.2) is 22.8 Å². The van der Waals surface area contributed by atoms with Crippen LogP contribution in [0.25, 0.3) is 0 Å². The number of H-pyrrole nitrogens is 1. The van der Waals surface area contributed by atoms with Gasteiger partial charge in [-0.05, 0) is 30.9 Å².